The molecule has 0 radical (unpaired) electrons. The molecule has 0 aliphatic carbocycles. The van der Waals surface area contributed by atoms with Gasteiger partial charge in [0.15, 0.2) is 0 Å². The van der Waals surface area contributed by atoms with Crippen molar-refractivity contribution >= 4 is 15.9 Å². The highest BCUT2D eigenvalue weighted by Gasteiger charge is 2.08. The maximum Gasteiger partial charge on any atom is 0.121 e. The van der Waals surface area contributed by atoms with Gasteiger partial charge in [-0.1, -0.05) is 38.4 Å². The lowest BCUT2D eigenvalue weighted by molar-refractivity contribution is 0.300. The smallest absolute Gasteiger partial charge is 0.121 e. The van der Waals surface area contributed by atoms with Gasteiger partial charge in [-0.05, 0) is 31.5 Å². The second kappa shape index (κ2) is 5.42. The molecule has 2 aromatic rings. The monoisotopic (exact) mass is 295 g/mol. The normalized spacial score (nSPS) is 12.6. The summed E-state index contributed by atoms with van der Waals surface area (Å²) < 4.78 is 5.74. The molecule has 1 heterocycles. The largest absolute Gasteiger partial charge is 0.304 e. The van der Waals surface area contributed by atoms with Gasteiger partial charge in [-0.2, -0.15) is 0 Å². The first-order valence-electron chi connectivity index (χ1n) is 5.43. The maximum absolute atomic E-state index is 4.65. The molecule has 0 fully saturated rings. The lowest BCUT2D eigenvalue weighted by Crippen LogP contribution is -2.18. The summed E-state index contributed by atoms with van der Waals surface area (Å²) in [5.41, 5.74) is 2.93. The standard InChI is InChI=1S/C12H14BrN3O/c1-8(10-3-5-11(13)6-4-10)14-7-12-9(2)15-17-16-12/h3-6,8,14H,7H2,1-2H3/t8-/m1/s1. The van der Waals surface area contributed by atoms with Crippen molar-refractivity contribution < 1.29 is 4.63 Å². The maximum atomic E-state index is 4.65. The minimum absolute atomic E-state index is 0.263. The number of nitrogens with one attached hydrogen (secondary N) is 1. The molecule has 1 atom stereocenters. The van der Waals surface area contributed by atoms with Gasteiger partial charge in [-0.15, -0.1) is 0 Å². The van der Waals surface area contributed by atoms with Crippen molar-refractivity contribution in [3.05, 3.63) is 45.7 Å². The summed E-state index contributed by atoms with van der Waals surface area (Å²) in [7, 11) is 0. The Labute approximate surface area is 109 Å². The Morgan fingerprint density at radius 3 is 2.59 bits per heavy atom. The molecule has 90 valence electrons. The van der Waals surface area contributed by atoms with Crippen LogP contribution in [0.5, 0.6) is 0 Å². The van der Waals surface area contributed by atoms with Crippen molar-refractivity contribution in [3.63, 3.8) is 0 Å². The molecule has 1 N–H and O–H groups in total. The van der Waals surface area contributed by atoms with Gasteiger partial charge in [0, 0.05) is 17.1 Å². The van der Waals surface area contributed by atoms with Crippen LogP contribution in [0, 0.1) is 6.92 Å². The predicted octanol–water partition coefficient (Wildman–Crippen LogP) is 2.99. The van der Waals surface area contributed by atoms with E-state index < -0.39 is 0 Å². The van der Waals surface area contributed by atoms with Gasteiger partial charge >= 0.3 is 0 Å². The third kappa shape index (κ3) is 3.14. The van der Waals surface area contributed by atoms with Gasteiger partial charge < -0.3 is 5.32 Å². The molecule has 0 amide bonds. The SMILES string of the molecule is Cc1nonc1CN[C@H](C)c1ccc(Br)cc1. The lowest BCUT2D eigenvalue weighted by atomic mass is 10.1. The second-order valence-electron chi connectivity index (χ2n) is 3.95. The van der Waals surface area contributed by atoms with Crippen molar-refractivity contribution in [1.82, 2.24) is 15.6 Å². The number of rotatable bonds is 4. The fourth-order valence-electron chi connectivity index (χ4n) is 1.53. The summed E-state index contributed by atoms with van der Waals surface area (Å²) in [6, 6.07) is 8.53. The molecule has 0 bridgehead atoms. The van der Waals surface area contributed by atoms with Crippen molar-refractivity contribution in [1.29, 1.82) is 0 Å². The van der Waals surface area contributed by atoms with Crippen LogP contribution in [0.15, 0.2) is 33.4 Å². The van der Waals surface area contributed by atoms with Crippen LogP contribution in [-0.2, 0) is 6.54 Å². The zero-order valence-corrected chi connectivity index (χ0v) is 11.4. The number of nitrogens with zero attached hydrogens (tertiary/aromatic N) is 2. The molecule has 2 rings (SSSR count). The van der Waals surface area contributed by atoms with Crippen LogP contribution in [0.3, 0.4) is 0 Å². The molecule has 4 nitrogen and oxygen atoms in total. The molecular formula is C12H14BrN3O. The minimum Gasteiger partial charge on any atom is -0.304 e. The van der Waals surface area contributed by atoms with Crippen LogP contribution in [0.4, 0.5) is 0 Å². The highest BCUT2D eigenvalue weighted by Crippen LogP contribution is 2.16. The number of benzene rings is 1. The van der Waals surface area contributed by atoms with E-state index in [1.165, 1.54) is 5.56 Å². The minimum atomic E-state index is 0.263. The number of aryl methyl sites for hydroxylation is 1. The molecule has 0 saturated heterocycles. The lowest BCUT2D eigenvalue weighted by Gasteiger charge is -2.13. The molecule has 0 aliphatic heterocycles. The van der Waals surface area contributed by atoms with E-state index >= 15 is 0 Å². The predicted molar refractivity (Wildman–Crippen MR) is 68.4 cm³/mol. The molecule has 1 aromatic carbocycles. The summed E-state index contributed by atoms with van der Waals surface area (Å²) in [5.74, 6) is 0. The van der Waals surface area contributed by atoms with Crippen LogP contribution in [0.25, 0.3) is 0 Å². The summed E-state index contributed by atoms with van der Waals surface area (Å²) in [5, 5.41) is 11.0. The first kappa shape index (κ1) is 12.3. The van der Waals surface area contributed by atoms with Crippen LogP contribution in [0.2, 0.25) is 0 Å². The zero-order chi connectivity index (χ0) is 12.3. The van der Waals surface area contributed by atoms with Gasteiger partial charge in [-0.25, -0.2) is 4.63 Å². The van der Waals surface area contributed by atoms with Gasteiger partial charge in [0.05, 0.1) is 0 Å². The number of halogens is 1. The summed E-state index contributed by atoms with van der Waals surface area (Å²) in [6.07, 6.45) is 0. The molecule has 1 aromatic heterocycles. The third-order valence-electron chi connectivity index (χ3n) is 2.69. The molecular weight excluding hydrogens is 282 g/mol. The van der Waals surface area contributed by atoms with Gasteiger partial charge in [-0.3, -0.25) is 0 Å². The third-order valence-corrected chi connectivity index (χ3v) is 3.22. The first-order valence-corrected chi connectivity index (χ1v) is 6.23. The van der Waals surface area contributed by atoms with E-state index in [2.05, 4.69) is 55.2 Å². The van der Waals surface area contributed by atoms with Crippen LogP contribution >= 0.6 is 15.9 Å². The van der Waals surface area contributed by atoms with Crippen LogP contribution in [-0.4, -0.2) is 10.3 Å². The van der Waals surface area contributed by atoms with Gasteiger partial charge in [0.1, 0.15) is 11.4 Å². The topological polar surface area (TPSA) is 51.0 Å². The summed E-state index contributed by atoms with van der Waals surface area (Å²) in [4.78, 5) is 0. The highest BCUT2D eigenvalue weighted by molar-refractivity contribution is 9.10. The fraction of sp³-hybridized carbons (Fsp3) is 0.333. The van der Waals surface area contributed by atoms with Crippen molar-refractivity contribution in [2.24, 2.45) is 0 Å². The average Bonchev–Trinajstić information content (AvgIpc) is 2.73. The summed E-state index contributed by atoms with van der Waals surface area (Å²) >= 11 is 3.42. The Morgan fingerprint density at radius 1 is 1.29 bits per heavy atom. The Bertz CT molecular complexity index is 481. The molecule has 0 saturated carbocycles. The van der Waals surface area contributed by atoms with E-state index in [-0.39, 0.29) is 6.04 Å². The fourth-order valence-corrected chi connectivity index (χ4v) is 1.79. The Balaban J connectivity index is 1.95. The molecule has 5 heteroatoms. The Hall–Kier alpha value is -1.20. The molecule has 0 spiro atoms. The summed E-state index contributed by atoms with van der Waals surface area (Å²) in [6.45, 7) is 4.66. The van der Waals surface area contributed by atoms with E-state index in [1.807, 2.05) is 19.1 Å². The van der Waals surface area contributed by atoms with Gasteiger partial charge in [0.2, 0.25) is 0 Å². The molecule has 0 aliphatic rings. The van der Waals surface area contributed by atoms with E-state index in [9.17, 15) is 0 Å². The van der Waals surface area contributed by atoms with Crippen LogP contribution in [0.1, 0.15) is 29.9 Å². The van der Waals surface area contributed by atoms with E-state index in [0.29, 0.717) is 6.54 Å². The Kier molecular flexibility index (Phi) is 3.91. The van der Waals surface area contributed by atoms with Gasteiger partial charge in [0.25, 0.3) is 0 Å². The van der Waals surface area contributed by atoms with E-state index in [0.717, 1.165) is 15.9 Å². The zero-order valence-electron chi connectivity index (χ0n) is 9.77. The van der Waals surface area contributed by atoms with E-state index in [4.69, 9.17) is 0 Å². The van der Waals surface area contributed by atoms with Crippen LogP contribution < -0.4 is 5.32 Å². The molecule has 17 heavy (non-hydrogen) atoms. The average molecular weight is 296 g/mol. The number of aromatic nitrogens is 2. The van der Waals surface area contributed by atoms with Crippen molar-refractivity contribution in [2.45, 2.75) is 26.4 Å². The van der Waals surface area contributed by atoms with Crippen molar-refractivity contribution in [2.75, 3.05) is 0 Å². The van der Waals surface area contributed by atoms with E-state index in [1.54, 1.807) is 0 Å². The Morgan fingerprint density at radius 2 is 2.00 bits per heavy atom. The second-order valence-corrected chi connectivity index (χ2v) is 4.87. The number of hydrogen-bond acceptors (Lipinski definition) is 4. The molecule has 0 unspecified atom stereocenters. The van der Waals surface area contributed by atoms with Crippen molar-refractivity contribution in [3.8, 4) is 0 Å². The number of hydrogen-bond donors (Lipinski definition) is 1. The quantitative estimate of drug-likeness (QED) is 0.942. The first-order chi connectivity index (χ1) is 8.16. The highest BCUT2D eigenvalue weighted by atomic mass is 79.9.